The van der Waals surface area contributed by atoms with Gasteiger partial charge in [0.15, 0.2) is 0 Å². The topological polar surface area (TPSA) is 65.9 Å². The number of hydrogen-bond acceptors (Lipinski definition) is 4. The molecule has 4 nitrogen and oxygen atoms in total. The van der Waals surface area contributed by atoms with Crippen LogP contribution in [0.3, 0.4) is 0 Å². The number of rotatable bonds is 3. The van der Waals surface area contributed by atoms with E-state index < -0.39 is 28.7 Å². The van der Waals surface area contributed by atoms with Crippen molar-refractivity contribution in [3.8, 4) is 11.3 Å². The molecule has 1 unspecified atom stereocenters. The molecule has 2 aromatic rings. The SMILES string of the molecule is Cc1ccccc1-c1cc(C(F)(F)F)nc(CS(=O)[O-])n1. The number of halogens is 3. The van der Waals surface area contributed by atoms with Crippen molar-refractivity contribution >= 4 is 11.1 Å². The summed E-state index contributed by atoms with van der Waals surface area (Å²) in [6.07, 6.45) is -4.67. The maximum atomic E-state index is 12.9. The number of benzene rings is 1. The van der Waals surface area contributed by atoms with Crippen LogP contribution in [0, 0.1) is 6.92 Å². The molecule has 0 amide bonds. The largest absolute Gasteiger partial charge is 0.772 e. The molecule has 0 saturated carbocycles. The number of aromatic nitrogens is 2. The normalized spacial score (nSPS) is 13.2. The fourth-order valence-electron chi connectivity index (χ4n) is 1.81. The first-order valence-electron chi connectivity index (χ1n) is 5.84. The van der Waals surface area contributed by atoms with Gasteiger partial charge in [0.25, 0.3) is 0 Å². The minimum Gasteiger partial charge on any atom is -0.772 e. The van der Waals surface area contributed by atoms with Gasteiger partial charge in [0.05, 0.1) is 11.4 Å². The third kappa shape index (κ3) is 3.85. The Hall–Kier alpha value is -1.80. The fourth-order valence-corrected chi connectivity index (χ4v) is 2.15. The summed E-state index contributed by atoms with van der Waals surface area (Å²) in [5, 5.41) is 0. The van der Waals surface area contributed by atoms with Crippen LogP contribution in [-0.4, -0.2) is 18.7 Å². The van der Waals surface area contributed by atoms with Gasteiger partial charge in [-0.2, -0.15) is 13.2 Å². The number of hydrogen-bond donors (Lipinski definition) is 0. The number of nitrogens with zero attached hydrogens (tertiary/aromatic N) is 2. The highest BCUT2D eigenvalue weighted by molar-refractivity contribution is 7.78. The van der Waals surface area contributed by atoms with Crippen LogP contribution in [0.5, 0.6) is 0 Å². The summed E-state index contributed by atoms with van der Waals surface area (Å²) in [5.41, 5.74) is 0.133. The molecule has 1 aromatic carbocycles. The summed E-state index contributed by atoms with van der Waals surface area (Å²) >= 11 is -2.56. The van der Waals surface area contributed by atoms with Crippen LogP contribution in [-0.2, 0) is 23.0 Å². The van der Waals surface area contributed by atoms with E-state index >= 15 is 0 Å². The molecule has 2 rings (SSSR count). The molecule has 0 bridgehead atoms. The molecule has 1 heterocycles. The summed E-state index contributed by atoms with van der Waals surface area (Å²) in [7, 11) is 0. The van der Waals surface area contributed by atoms with Gasteiger partial charge in [0.1, 0.15) is 11.5 Å². The lowest BCUT2D eigenvalue weighted by molar-refractivity contribution is -0.141. The molecule has 0 aliphatic heterocycles. The van der Waals surface area contributed by atoms with Gasteiger partial charge in [-0.15, -0.1) is 0 Å². The van der Waals surface area contributed by atoms with Crippen LogP contribution in [0.2, 0.25) is 0 Å². The molecule has 0 radical (unpaired) electrons. The maximum Gasteiger partial charge on any atom is 0.433 e. The van der Waals surface area contributed by atoms with Crippen molar-refractivity contribution in [3.05, 3.63) is 47.4 Å². The van der Waals surface area contributed by atoms with E-state index in [1.165, 1.54) is 0 Å². The molecule has 112 valence electrons. The zero-order valence-corrected chi connectivity index (χ0v) is 11.7. The molecular weight excluding hydrogens is 305 g/mol. The zero-order chi connectivity index (χ0) is 15.6. The van der Waals surface area contributed by atoms with Gasteiger partial charge in [-0.25, -0.2) is 9.97 Å². The molecule has 0 N–H and O–H groups in total. The van der Waals surface area contributed by atoms with E-state index in [0.717, 1.165) is 11.6 Å². The zero-order valence-electron chi connectivity index (χ0n) is 10.8. The van der Waals surface area contributed by atoms with Crippen LogP contribution >= 0.6 is 0 Å². The van der Waals surface area contributed by atoms with E-state index in [4.69, 9.17) is 0 Å². The molecule has 1 aromatic heterocycles. The van der Waals surface area contributed by atoms with Gasteiger partial charge in [-0.1, -0.05) is 24.3 Å². The predicted molar refractivity (Wildman–Crippen MR) is 69.8 cm³/mol. The van der Waals surface area contributed by atoms with Crippen molar-refractivity contribution < 1.29 is 21.9 Å². The molecule has 8 heteroatoms. The van der Waals surface area contributed by atoms with Gasteiger partial charge in [0, 0.05) is 5.56 Å². The van der Waals surface area contributed by atoms with E-state index in [0.29, 0.717) is 5.56 Å². The summed E-state index contributed by atoms with van der Waals surface area (Å²) in [6.45, 7) is 1.73. The van der Waals surface area contributed by atoms with E-state index in [1.54, 1.807) is 31.2 Å². The van der Waals surface area contributed by atoms with Crippen molar-refractivity contribution in [3.63, 3.8) is 0 Å². The van der Waals surface area contributed by atoms with Gasteiger partial charge in [-0.05, 0) is 29.6 Å². The van der Waals surface area contributed by atoms with E-state index in [9.17, 15) is 21.9 Å². The predicted octanol–water partition coefficient (Wildman–Crippen LogP) is 2.85. The smallest absolute Gasteiger partial charge is 0.433 e. The van der Waals surface area contributed by atoms with Crippen LogP contribution < -0.4 is 0 Å². The Bertz CT molecular complexity index is 689. The summed E-state index contributed by atoms with van der Waals surface area (Å²) in [5.74, 6) is -1.04. The highest BCUT2D eigenvalue weighted by Crippen LogP contribution is 2.31. The Kier molecular flexibility index (Phi) is 4.38. The van der Waals surface area contributed by atoms with Crippen molar-refractivity contribution in [1.82, 2.24) is 9.97 Å². The Labute approximate surface area is 121 Å². The lowest BCUT2D eigenvalue weighted by atomic mass is 10.1. The molecule has 0 aliphatic rings. The Morgan fingerprint density at radius 2 is 1.90 bits per heavy atom. The summed E-state index contributed by atoms with van der Waals surface area (Å²) in [6, 6.07) is 7.59. The average molecular weight is 315 g/mol. The lowest BCUT2D eigenvalue weighted by Gasteiger charge is -2.12. The monoisotopic (exact) mass is 315 g/mol. The van der Waals surface area contributed by atoms with Gasteiger partial charge in [0.2, 0.25) is 0 Å². The first-order chi connectivity index (χ1) is 9.77. The molecule has 0 fully saturated rings. The van der Waals surface area contributed by atoms with Crippen molar-refractivity contribution in [2.24, 2.45) is 0 Å². The molecular formula is C13H10F3N2O2S-. The van der Waals surface area contributed by atoms with Crippen LogP contribution in [0.15, 0.2) is 30.3 Å². The minimum absolute atomic E-state index is 0.0517. The molecule has 0 saturated heterocycles. The van der Waals surface area contributed by atoms with Crippen molar-refractivity contribution in [2.75, 3.05) is 0 Å². The quantitative estimate of drug-likeness (QED) is 0.817. The molecule has 21 heavy (non-hydrogen) atoms. The molecule has 0 aliphatic carbocycles. The van der Waals surface area contributed by atoms with Gasteiger partial charge < -0.3 is 4.55 Å². The molecule has 1 atom stereocenters. The maximum absolute atomic E-state index is 12.9. The van der Waals surface area contributed by atoms with Crippen molar-refractivity contribution in [2.45, 2.75) is 18.9 Å². The Morgan fingerprint density at radius 1 is 1.24 bits per heavy atom. The second kappa shape index (κ2) is 5.90. The Morgan fingerprint density at radius 3 is 2.48 bits per heavy atom. The lowest BCUT2D eigenvalue weighted by Crippen LogP contribution is -2.12. The van der Waals surface area contributed by atoms with Crippen molar-refractivity contribution in [1.29, 1.82) is 0 Å². The first kappa shape index (κ1) is 15.6. The number of aryl methyl sites for hydroxylation is 1. The third-order valence-corrected chi connectivity index (χ3v) is 3.22. The first-order valence-corrected chi connectivity index (χ1v) is 7.09. The van der Waals surface area contributed by atoms with Crippen LogP contribution in [0.25, 0.3) is 11.3 Å². The fraction of sp³-hybridized carbons (Fsp3) is 0.231. The second-order valence-corrected chi connectivity index (χ2v) is 5.21. The third-order valence-electron chi connectivity index (χ3n) is 2.73. The van der Waals surface area contributed by atoms with Gasteiger partial charge >= 0.3 is 6.18 Å². The summed E-state index contributed by atoms with van der Waals surface area (Å²) < 4.78 is 59.9. The standard InChI is InChI=1S/C13H11F3N2O2S/c1-8-4-2-3-5-9(8)10-6-11(13(14,15)16)18-12(17-10)7-21(19)20/h2-6H,7H2,1H3,(H,19,20)/p-1. The Balaban J connectivity index is 2.60. The van der Waals surface area contributed by atoms with E-state index in [1.807, 2.05) is 0 Å². The highest BCUT2D eigenvalue weighted by Gasteiger charge is 2.33. The summed E-state index contributed by atoms with van der Waals surface area (Å²) in [4.78, 5) is 7.18. The minimum atomic E-state index is -4.67. The second-order valence-electron chi connectivity index (χ2n) is 4.32. The van der Waals surface area contributed by atoms with Crippen LogP contribution in [0.1, 0.15) is 17.1 Å². The molecule has 0 spiro atoms. The van der Waals surface area contributed by atoms with E-state index in [-0.39, 0.29) is 11.5 Å². The van der Waals surface area contributed by atoms with Gasteiger partial charge in [-0.3, -0.25) is 4.21 Å². The number of alkyl halides is 3. The average Bonchev–Trinajstić information content (AvgIpc) is 2.37. The highest BCUT2D eigenvalue weighted by atomic mass is 32.2. The van der Waals surface area contributed by atoms with E-state index in [2.05, 4.69) is 9.97 Å². The van der Waals surface area contributed by atoms with Crippen LogP contribution in [0.4, 0.5) is 13.2 Å².